The molecule has 0 spiro atoms. The normalized spacial score (nSPS) is 11.0. The molecular formula is C21H20F2N2O2. The van der Waals surface area contributed by atoms with Crippen LogP contribution in [0.4, 0.5) is 14.5 Å². The molecule has 0 atom stereocenters. The number of para-hydroxylation sites is 1. The van der Waals surface area contributed by atoms with Gasteiger partial charge in [0.1, 0.15) is 11.6 Å². The molecule has 0 radical (unpaired) electrons. The zero-order chi connectivity index (χ0) is 19.4. The Bertz CT molecular complexity index is 931. The van der Waals surface area contributed by atoms with Gasteiger partial charge in [-0.15, -0.1) is 0 Å². The summed E-state index contributed by atoms with van der Waals surface area (Å²) in [4.78, 5) is 16.3. The van der Waals surface area contributed by atoms with E-state index in [0.717, 1.165) is 23.4 Å². The third kappa shape index (κ3) is 4.39. The van der Waals surface area contributed by atoms with Gasteiger partial charge in [0.2, 0.25) is 5.91 Å². The van der Waals surface area contributed by atoms with Crippen molar-refractivity contribution in [2.45, 2.75) is 32.6 Å². The van der Waals surface area contributed by atoms with Gasteiger partial charge in [0.25, 0.3) is 0 Å². The molecule has 27 heavy (non-hydrogen) atoms. The van der Waals surface area contributed by atoms with Gasteiger partial charge in [-0.3, -0.25) is 4.79 Å². The molecule has 3 rings (SSSR count). The van der Waals surface area contributed by atoms with Crippen LogP contribution in [0, 0.1) is 11.6 Å². The van der Waals surface area contributed by atoms with Crippen molar-refractivity contribution < 1.29 is 18.0 Å². The van der Waals surface area contributed by atoms with Crippen LogP contribution in [0.2, 0.25) is 0 Å². The molecule has 4 nitrogen and oxygen atoms in total. The van der Waals surface area contributed by atoms with Crippen molar-refractivity contribution in [1.29, 1.82) is 0 Å². The van der Waals surface area contributed by atoms with Gasteiger partial charge < -0.3 is 9.73 Å². The summed E-state index contributed by atoms with van der Waals surface area (Å²) in [5, 5.41) is 2.89. The highest BCUT2D eigenvalue weighted by Gasteiger charge is 2.16. The van der Waals surface area contributed by atoms with Crippen LogP contribution in [0.1, 0.15) is 37.6 Å². The molecule has 140 valence electrons. The molecule has 1 amide bonds. The summed E-state index contributed by atoms with van der Waals surface area (Å²) < 4.78 is 33.0. The van der Waals surface area contributed by atoms with Gasteiger partial charge in [-0.1, -0.05) is 38.1 Å². The molecule has 0 aliphatic carbocycles. The summed E-state index contributed by atoms with van der Waals surface area (Å²) in [6.07, 6.45) is 1.64. The van der Waals surface area contributed by atoms with Crippen molar-refractivity contribution in [1.82, 2.24) is 4.98 Å². The van der Waals surface area contributed by atoms with Gasteiger partial charge in [0.05, 0.1) is 11.8 Å². The van der Waals surface area contributed by atoms with Crippen LogP contribution in [-0.4, -0.2) is 10.9 Å². The molecule has 2 aromatic carbocycles. The first-order valence-electron chi connectivity index (χ1n) is 8.73. The summed E-state index contributed by atoms with van der Waals surface area (Å²) in [5.41, 5.74) is 1.57. The monoisotopic (exact) mass is 370 g/mol. The number of benzene rings is 2. The average Bonchev–Trinajstić information content (AvgIpc) is 3.09. The maximum absolute atomic E-state index is 13.8. The minimum absolute atomic E-state index is 0.00571. The lowest BCUT2D eigenvalue weighted by molar-refractivity contribution is -0.116. The van der Waals surface area contributed by atoms with E-state index in [-0.39, 0.29) is 41.9 Å². The summed E-state index contributed by atoms with van der Waals surface area (Å²) in [7, 11) is 0. The van der Waals surface area contributed by atoms with E-state index in [4.69, 9.17) is 4.42 Å². The van der Waals surface area contributed by atoms with E-state index >= 15 is 0 Å². The molecule has 0 fully saturated rings. The number of aryl methyl sites for hydroxylation is 1. The molecule has 3 aromatic rings. The van der Waals surface area contributed by atoms with Gasteiger partial charge >= 0.3 is 0 Å². The summed E-state index contributed by atoms with van der Waals surface area (Å²) in [6.45, 7) is 4.11. The van der Waals surface area contributed by atoms with Crippen molar-refractivity contribution in [3.8, 4) is 11.3 Å². The zero-order valence-electron chi connectivity index (χ0n) is 15.1. The van der Waals surface area contributed by atoms with E-state index in [9.17, 15) is 13.6 Å². The average molecular weight is 370 g/mol. The SMILES string of the molecule is CC(C)c1ccccc1NC(=O)CCc1ncc(-c2c(F)cccc2F)o1. The van der Waals surface area contributed by atoms with Crippen molar-refractivity contribution in [3.63, 3.8) is 0 Å². The predicted octanol–water partition coefficient (Wildman–Crippen LogP) is 5.31. The Labute approximate surface area is 156 Å². The van der Waals surface area contributed by atoms with E-state index in [1.54, 1.807) is 0 Å². The molecule has 0 saturated heterocycles. The van der Waals surface area contributed by atoms with Crippen LogP contribution in [0.5, 0.6) is 0 Å². The fraction of sp³-hybridized carbons (Fsp3) is 0.238. The van der Waals surface area contributed by atoms with Gasteiger partial charge in [0.15, 0.2) is 11.7 Å². The Hall–Kier alpha value is -3.02. The number of carbonyl (C=O) groups excluding carboxylic acids is 1. The molecule has 0 unspecified atom stereocenters. The lowest BCUT2D eigenvalue weighted by Crippen LogP contribution is -2.14. The Balaban J connectivity index is 1.65. The Morgan fingerprint density at radius 1 is 1.11 bits per heavy atom. The lowest BCUT2D eigenvalue weighted by Gasteiger charge is -2.13. The van der Waals surface area contributed by atoms with Gasteiger partial charge in [0, 0.05) is 18.5 Å². The molecule has 1 N–H and O–H groups in total. The second-order valence-electron chi connectivity index (χ2n) is 6.51. The van der Waals surface area contributed by atoms with E-state index in [2.05, 4.69) is 24.1 Å². The first-order valence-corrected chi connectivity index (χ1v) is 8.73. The second kappa shape index (κ2) is 8.12. The van der Waals surface area contributed by atoms with E-state index in [0.29, 0.717) is 0 Å². The van der Waals surface area contributed by atoms with Gasteiger partial charge in [-0.25, -0.2) is 13.8 Å². The molecule has 6 heteroatoms. The third-order valence-electron chi connectivity index (χ3n) is 4.19. The number of carbonyl (C=O) groups is 1. The molecule has 0 saturated carbocycles. The third-order valence-corrected chi connectivity index (χ3v) is 4.19. The standard InChI is InChI=1S/C21H20F2N2O2/c1-13(2)14-6-3-4-9-17(14)25-19(26)10-11-20-24-12-18(27-20)21-15(22)7-5-8-16(21)23/h3-9,12-13H,10-11H2,1-2H3,(H,25,26). The molecule has 0 aliphatic heterocycles. The van der Waals surface area contributed by atoms with E-state index < -0.39 is 11.6 Å². The van der Waals surface area contributed by atoms with Crippen LogP contribution in [0.25, 0.3) is 11.3 Å². The van der Waals surface area contributed by atoms with Crippen molar-refractivity contribution >= 4 is 11.6 Å². The maximum Gasteiger partial charge on any atom is 0.224 e. The van der Waals surface area contributed by atoms with E-state index in [1.807, 2.05) is 24.3 Å². The predicted molar refractivity (Wildman–Crippen MR) is 99.3 cm³/mol. The number of aromatic nitrogens is 1. The molecule has 1 heterocycles. The number of anilines is 1. The van der Waals surface area contributed by atoms with Crippen molar-refractivity contribution in [2.75, 3.05) is 5.32 Å². The smallest absolute Gasteiger partial charge is 0.224 e. The lowest BCUT2D eigenvalue weighted by atomic mass is 10.0. The number of amides is 1. The van der Waals surface area contributed by atoms with Crippen LogP contribution in [0.3, 0.4) is 0 Å². The van der Waals surface area contributed by atoms with Gasteiger partial charge in [-0.05, 0) is 29.7 Å². The zero-order valence-corrected chi connectivity index (χ0v) is 15.1. The fourth-order valence-corrected chi connectivity index (χ4v) is 2.82. The summed E-state index contributed by atoms with van der Waals surface area (Å²) >= 11 is 0. The maximum atomic E-state index is 13.8. The summed E-state index contributed by atoms with van der Waals surface area (Å²) in [6, 6.07) is 11.2. The van der Waals surface area contributed by atoms with E-state index in [1.165, 1.54) is 12.3 Å². The van der Waals surface area contributed by atoms with Crippen molar-refractivity contribution in [3.05, 3.63) is 71.8 Å². The molecule has 1 aromatic heterocycles. The number of rotatable bonds is 6. The molecule has 0 bridgehead atoms. The largest absolute Gasteiger partial charge is 0.441 e. The fourth-order valence-electron chi connectivity index (χ4n) is 2.82. The summed E-state index contributed by atoms with van der Waals surface area (Å²) in [5.74, 6) is -1.08. The Morgan fingerprint density at radius 2 is 1.81 bits per heavy atom. The van der Waals surface area contributed by atoms with Gasteiger partial charge in [-0.2, -0.15) is 0 Å². The van der Waals surface area contributed by atoms with Crippen LogP contribution < -0.4 is 5.32 Å². The highest BCUT2D eigenvalue weighted by atomic mass is 19.1. The highest BCUT2D eigenvalue weighted by molar-refractivity contribution is 5.91. The highest BCUT2D eigenvalue weighted by Crippen LogP contribution is 2.27. The number of oxazole rings is 1. The number of nitrogens with one attached hydrogen (secondary N) is 1. The first kappa shape index (κ1) is 18.8. The Morgan fingerprint density at radius 3 is 2.52 bits per heavy atom. The van der Waals surface area contributed by atoms with Crippen molar-refractivity contribution in [2.24, 2.45) is 0 Å². The topological polar surface area (TPSA) is 55.1 Å². The quantitative estimate of drug-likeness (QED) is 0.639. The van der Waals surface area contributed by atoms with Crippen LogP contribution in [-0.2, 0) is 11.2 Å². The number of halogens is 2. The minimum atomic E-state index is -0.722. The second-order valence-corrected chi connectivity index (χ2v) is 6.51. The number of nitrogens with zero attached hydrogens (tertiary/aromatic N) is 1. The number of hydrogen-bond acceptors (Lipinski definition) is 3. The molecular weight excluding hydrogens is 350 g/mol. The first-order chi connectivity index (χ1) is 13.0. The van der Waals surface area contributed by atoms with Crippen LogP contribution >= 0.6 is 0 Å². The minimum Gasteiger partial charge on any atom is -0.441 e. The molecule has 0 aliphatic rings. The Kier molecular flexibility index (Phi) is 5.64. The van der Waals surface area contributed by atoms with Crippen LogP contribution in [0.15, 0.2) is 53.1 Å². The number of hydrogen-bond donors (Lipinski definition) is 1.